The molecule has 1 amide bonds. The monoisotopic (exact) mass is 392 g/mol. The van der Waals surface area contributed by atoms with Crippen molar-refractivity contribution in [2.45, 2.75) is 18.9 Å². The number of pyridine rings is 1. The molecule has 0 bridgehead atoms. The summed E-state index contributed by atoms with van der Waals surface area (Å²) in [4.78, 5) is 29.4. The predicted octanol–water partition coefficient (Wildman–Crippen LogP) is 3.29. The van der Waals surface area contributed by atoms with Crippen LogP contribution in [-0.4, -0.2) is 39.6 Å². The summed E-state index contributed by atoms with van der Waals surface area (Å²) in [5.74, 6) is -0.425. The maximum Gasteiger partial charge on any atom is 0.337 e. The third-order valence-electron chi connectivity index (χ3n) is 4.67. The van der Waals surface area contributed by atoms with E-state index in [4.69, 9.17) is 4.74 Å². The molecule has 0 radical (unpaired) electrons. The Kier molecular flexibility index (Phi) is 3.87. The van der Waals surface area contributed by atoms with Gasteiger partial charge in [-0.1, -0.05) is 12.1 Å². The SMILES string of the molecule is COC(=O)c1ccc2cc(-c3cccc4nc(C(=O)NC5CC5)nn34)sc2c1. The number of esters is 1. The van der Waals surface area contributed by atoms with Crippen molar-refractivity contribution in [3.05, 3.63) is 53.9 Å². The fraction of sp³-hybridized carbons (Fsp3) is 0.200. The van der Waals surface area contributed by atoms with Crippen molar-refractivity contribution in [1.82, 2.24) is 19.9 Å². The van der Waals surface area contributed by atoms with Gasteiger partial charge in [0.2, 0.25) is 5.82 Å². The van der Waals surface area contributed by atoms with Crippen LogP contribution < -0.4 is 5.32 Å². The minimum atomic E-state index is -0.360. The quantitative estimate of drug-likeness (QED) is 0.539. The number of carbonyl (C=O) groups is 2. The number of nitrogens with one attached hydrogen (secondary N) is 1. The van der Waals surface area contributed by atoms with Crippen LogP contribution >= 0.6 is 11.3 Å². The Labute approximate surface area is 164 Å². The lowest BCUT2D eigenvalue weighted by Crippen LogP contribution is -2.26. The average molecular weight is 392 g/mol. The van der Waals surface area contributed by atoms with Gasteiger partial charge in [0, 0.05) is 10.7 Å². The molecule has 1 N–H and O–H groups in total. The number of fused-ring (bicyclic) bond motifs is 2. The number of ether oxygens (including phenoxy) is 1. The van der Waals surface area contributed by atoms with Crippen LogP contribution in [0.4, 0.5) is 0 Å². The van der Waals surface area contributed by atoms with Crippen LogP contribution in [0.1, 0.15) is 33.8 Å². The zero-order valence-electron chi connectivity index (χ0n) is 15.0. The van der Waals surface area contributed by atoms with Crippen molar-refractivity contribution in [2.24, 2.45) is 0 Å². The summed E-state index contributed by atoms with van der Waals surface area (Å²) in [7, 11) is 1.37. The Hall–Kier alpha value is -3.26. The lowest BCUT2D eigenvalue weighted by molar-refractivity contribution is 0.0600. The first-order valence-electron chi connectivity index (χ1n) is 8.91. The molecule has 3 aromatic heterocycles. The van der Waals surface area contributed by atoms with Crippen molar-refractivity contribution >= 4 is 38.9 Å². The second kappa shape index (κ2) is 6.42. The van der Waals surface area contributed by atoms with E-state index in [1.807, 2.05) is 36.4 Å². The third kappa shape index (κ3) is 2.91. The standard InChI is InChI=1S/C20H16N4O3S/c1-27-20(26)12-6-5-11-9-16(28-15(11)10-12)14-3-2-4-17-22-18(23-24(14)17)19(25)21-13-7-8-13/h2-6,9-10,13H,7-8H2,1H3,(H,21,25). The van der Waals surface area contributed by atoms with E-state index in [0.717, 1.165) is 33.5 Å². The van der Waals surface area contributed by atoms with Gasteiger partial charge in [0.25, 0.3) is 5.91 Å². The Morgan fingerprint density at radius 2 is 2.07 bits per heavy atom. The molecule has 0 aliphatic heterocycles. The molecule has 1 saturated carbocycles. The van der Waals surface area contributed by atoms with Gasteiger partial charge in [-0.05, 0) is 48.6 Å². The zero-order valence-corrected chi connectivity index (χ0v) is 15.8. The Morgan fingerprint density at radius 3 is 2.86 bits per heavy atom. The van der Waals surface area contributed by atoms with E-state index in [0.29, 0.717) is 11.2 Å². The van der Waals surface area contributed by atoms with Crippen molar-refractivity contribution in [1.29, 1.82) is 0 Å². The second-order valence-electron chi connectivity index (χ2n) is 6.72. The van der Waals surface area contributed by atoms with Crippen molar-refractivity contribution in [3.63, 3.8) is 0 Å². The molecule has 0 atom stereocenters. The third-order valence-corrected chi connectivity index (χ3v) is 5.79. The van der Waals surface area contributed by atoms with Gasteiger partial charge in [-0.15, -0.1) is 16.4 Å². The normalized spacial score (nSPS) is 13.8. The minimum Gasteiger partial charge on any atom is -0.465 e. The molecule has 0 unspecified atom stereocenters. The maximum absolute atomic E-state index is 12.3. The molecule has 28 heavy (non-hydrogen) atoms. The van der Waals surface area contributed by atoms with Crippen LogP contribution in [-0.2, 0) is 4.74 Å². The Bertz CT molecular complexity index is 1240. The lowest BCUT2D eigenvalue weighted by Gasteiger charge is -2.00. The van der Waals surface area contributed by atoms with Crippen LogP contribution in [0.5, 0.6) is 0 Å². The lowest BCUT2D eigenvalue weighted by atomic mass is 10.1. The van der Waals surface area contributed by atoms with E-state index in [2.05, 4.69) is 15.4 Å². The first-order chi connectivity index (χ1) is 13.6. The topological polar surface area (TPSA) is 85.6 Å². The molecule has 1 aliphatic rings. The molecule has 1 aromatic carbocycles. The average Bonchev–Trinajstić information content (AvgIpc) is 3.25. The minimum absolute atomic E-state index is 0.174. The fourth-order valence-electron chi connectivity index (χ4n) is 3.07. The molecule has 4 aromatic rings. The summed E-state index contributed by atoms with van der Waals surface area (Å²) in [6.07, 6.45) is 2.03. The van der Waals surface area contributed by atoms with E-state index in [-0.39, 0.29) is 23.7 Å². The molecule has 140 valence electrons. The number of benzene rings is 1. The molecule has 0 saturated heterocycles. The number of thiophene rings is 1. The van der Waals surface area contributed by atoms with Crippen LogP contribution in [0.3, 0.4) is 0 Å². The van der Waals surface area contributed by atoms with E-state index in [1.54, 1.807) is 21.9 Å². The van der Waals surface area contributed by atoms with Gasteiger partial charge in [-0.25, -0.2) is 14.3 Å². The molecule has 1 aliphatic carbocycles. The zero-order chi connectivity index (χ0) is 19.3. The predicted molar refractivity (Wildman–Crippen MR) is 106 cm³/mol. The van der Waals surface area contributed by atoms with Crippen LogP contribution in [0, 0.1) is 0 Å². The van der Waals surface area contributed by atoms with E-state index in [9.17, 15) is 9.59 Å². The highest BCUT2D eigenvalue weighted by atomic mass is 32.1. The van der Waals surface area contributed by atoms with Gasteiger partial charge >= 0.3 is 5.97 Å². The number of rotatable bonds is 4. The highest BCUT2D eigenvalue weighted by molar-refractivity contribution is 7.22. The van der Waals surface area contributed by atoms with Crippen molar-refractivity contribution in [2.75, 3.05) is 7.11 Å². The fourth-order valence-corrected chi connectivity index (χ4v) is 4.18. The Morgan fingerprint density at radius 1 is 1.21 bits per heavy atom. The maximum atomic E-state index is 12.3. The number of aromatic nitrogens is 3. The molecule has 0 spiro atoms. The Balaban J connectivity index is 1.57. The number of carbonyl (C=O) groups excluding carboxylic acids is 2. The largest absolute Gasteiger partial charge is 0.465 e. The summed E-state index contributed by atoms with van der Waals surface area (Å²) >= 11 is 1.55. The van der Waals surface area contributed by atoms with Gasteiger partial charge < -0.3 is 10.1 Å². The van der Waals surface area contributed by atoms with Gasteiger partial charge in [-0.3, -0.25) is 4.79 Å². The van der Waals surface area contributed by atoms with Crippen molar-refractivity contribution in [3.8, 4) is 10.6 Å². The number of amides is 1. The summed E-state index contributed by atoms with van der Waals surface area (Å²) in [6.45, 7) is 0. The van der Waals surface area contributed by atoms with Crippen LogP contribution in [0.25, 0.3) is 26.3 Å². The molecule has 5 rings (SSSR count). The van der Waals surface area contributed by atoms with Gasteiger partial charge in [0.1, 0.15) is 0 Å². The molecular weight excluding hydrogens is 376 g/mol. The van der Waals surface area contributed by atoms with Crippen molar-refractivity contribution < 1.29 is 14.3 Å². The number of nitrogens with zero attached hydrogens (tertiary/aromatic N) is 3. The number of methoxy groups -OCH3 is 1. The van der Waals surface area contributed by atoms with E-state index in [1.165, 1.54) is 7.11 Å². The van der Waals surface area contributed by atoms with Gasteiger partial charge in [-0.2, -0.15) is 0 Å². The molecular formula is C20H16N4O3S. The van der Waals surface area contributed by atoms with E-state index >= 15 is 0 Å². The van der Waals surface area contributed by atoms with Crippen LogP contribution in [0.15, 0.2) is 42.5 Å². The summed E-state index contributed by atoms with van der Waals surface area (Å²) in [6, 6.07) is 13.4. The summed E-state index contributed by atoms with van der Waals surface area (Å²) in [5.41, 5.74) is 1.98. The smallest absolute Gasteiger partial charge is 0.337 e. The number of hydrogen-bond acceptors (Lipinski definition) is 6. The van der Waals surface area contributed by atoms with Gasteiger partial charge in [0.05, 0.1) is 23.2 Å². The molecule has 3 heterocycles. The highest BCUT2D eigenvalue weighted by Crippen LogP contribution is 2.34. The molecule has 1 fully saturated rings. The van der Waals surface area contributed by atoms with Crippen LogP contribution in [0.2, 0.25) is 0 Å². The molecule has 8 heteroatoms. The highest BCUT2D eigenvalue weighted by Gasteiger charge is 2.26. The summed E-state index contributed by atoms with van der Waals surface area (Å²) < 4.78 is 7.46. The summed E-state index contributed by atoms with van der Waals surface area (Å²) in [5, 5.41) is 8.37. The van der Waals surface area contributed by atoms with E-state index < -0.39 is 0 Å². The van der Waals surface area contributed by atoms with Gasteiger partial charge in [0.15, 0.2) is 5.65 Å². The second-order valence-corrected chi connectivity index (χ2v) is 7.80. The molecule has 7 nitrogen and oxygen atoms in total. The number of hydrogen-bond donors (Lipinski definition) is 1. The first-order valence-corrected chi connectivity index (χ1v) is 9.73. The first kappa shape index (κ1) is 16.9.